The summed E-state index contributed by atoms with van der Waals surface area (Å²) in [4.78, 5) is 25.3. The van der Waals surface area contributed by atoms with Crippen molar-refractivity contribution in [1.29, 1.82) is 0 Å². The Morgan fingerprint density at radius 2 is 1.88 bits per heavy atom. The van der Waals surface area contributed by atoms with Gasteiger partial charge in [0.05, 0.1) is 10.7 Å². The highest BCUT2D eigenvalue weighted by Crippen LogP contribution is 2.33. The second-order valence-electron chi connectivity index (χ2n) is 5.11. The number of carbonyl (C=O) groups is 2. The molecular formula is C17H15ClN2O3S. The van der Waals surface area contributed by atoms with Crippen molar-refractivity contribution in [1.82, 2.24) is 4.90 Å². The number of para-hydroxylation sites is 3. The molecule has 0 unspecified atom stereocenters. The van der Waals surface area contributed by atoms with Crippen LogP contribution in [0.25, 0.3) is 0 Å². The summed E-state index contributed by atoms with van der Waals surface area (Å²) in [5, 5.41) is 3.21. The maximum absolute atomic E-state index is 12.2. The lowest BCUT2D eigenvalue weighted by Crippen LogP contribution is -2.33. The van der Waals surface area contributed by atoms with E-state index < -0.39 is 0 Å². The highest BCUT2D eigenvalue weighted by molar-refractivity contribution is 8.13. The lowest BCUT2D eigenvalue weighted by Gasteiger charge is -2.16. The van der Waals surface area contributed by atoms with Gasteiger partial charge in [0.1, 0.15) is 12.3 Å². The van der Waals surface area contributed by atoms with Crippen molar-refractivity contribution >= 4 is 40.2 Å². The average Bonchev–Trinajstić information content (AvgIpc) is 2.96. The Kier molecular flexibility index (Phi) is 5.27. The monoisotopic (exact) mass is 362 g/mol. The van der Waals surface area contributed by atoms with Crippen molar-refractivity contribution in [2.75, 3.05) is 24.2 Å². The first-order chi connectivity index (χ1) is 11.6. The van der Waals surface area contributed by atoms with Crippen LogP contribution in [0, 0.1) is 0 Å². The van der Waals surface area contributed by atoms with E-state index in [0.717, 1.165) is 5.75 Å². The predicted octanol–water partition coefficient (Wildman–Crippen LogP) is 4.24. The molecule has 0 spiro atoms. The summed E-state index contributed by atoms with van der Waals surface area (Å²) in [5.41, 5.74) is 0.529. The van der Waals surface area contributed by atoms with Crippen LogP contribution >= 0.6 is 23.4 Å². The molecule has 0 bridgehead atoms. The van der Waals surface area contributed by atoms with E-state index in [1.165, 1.54) is 16.7 Å². The van der Waals surface area contributed by atoms with E-state index in [9.17, 15) is 9.59 Å². The van der Waals surface area contributed by atoms with Crippen LogP contribution in [0.1, 0.15) is 0 Å². The fraction of sp³-hybridized carbons (Fsp3) is 0.176. The van der Waals surface area contributed by atoms with Crippen molar-refractivity contribution in [3.8, 4) is 11.5 Å². The van der Waals surface area contributed by atoms with Crippen LogP contribution in [0.4, 0.5) is 10.5 Å². The number of benzene rings is 2. The van der Waals surface area contributed by atoms with E-state index >= 15 is 0 Å². The Bertz CT molecular complexity index is 769. The fourth-order valence-electron chi connectivity index (χ4n) is 2.24. The van der Waals surface area contributed by atoms with Crippen molar-refractivity contribution in [2.45, 2.75) is 0 Å². The van der Waals surface area contributed by atoms with Gasteiger partial charge in [0.15, 0.2) is 5.75 Å². The van der Waals surface area contributed by atoms with Crippen LogP contribution < -0.4 is 10.1 Å². The summed E-state index contributed by atoms with van der Waals surface area (Å²) in [6.07, 6.45) is 0. The third kappa shape index (κ3) is 4.01. The number of nitrogens with one attached hydrogen (secondary N) is 1. The molecule has 2 aromatic rings. The first-order valence-corrected chi connectivity index (χ1v) is 8.73. The molecule has 0 aliphatic carbocycles. The Morgan fingerprint density at radius 3 is 2.58 bits per heavy atom. The number of anilines is 1. The molecule has 1 saturated heterocycles. The van der Waals surface area contributed by atoms with Gasteiger partial charge >= 0.3 is 0 Å². The molecule has 0 atom stereocenters. The van der Waals surface area contributed by atoms with Crippen LogP contribution in [-0.4, -0.2) is 34.9 Å². The summed E-state index contributed by atoms with van der Waals surface area (Å²) < 4.78 is 5.80. The first-order valence-electron chi connectivity index (χ1n) is 7.36. The Balaban J connectivity index is 1.71. The molecule has 1 aliphatic heterocycles. The van der Waals surface area contributed by atoms with Gasteiger partial charge in [-0.3, -0.25) is 9.59 Å². The number of amides is 2. The molecule has 1 fully saturated rings. The zero-order valence-corrected chi connectivity index (χ0v) is 14.3. The van der Waals surface area contributed by atoms with E-state index in [0.29, 0.717) is 28.8 Å². The molecule has 5 nitrogen and oxygen atoms in total. The molecule has 1 heterocycles. The molecule has 0 saturated carbocycles. The normalized spacial score (nSPS) is 13.9. The molecule has 7 heteroatoms. The van der Waals surface area contributed by atoms with E-state index in [2.05, 4.69) is 5.32 Å². The number of thioether (sulfide) groups is 1. The van der Waals surface area contributed by atoms with Gasteiger partial charge in [0.2, 0.25) is 5.91 Å². The van der Waals surface area contributed by atoms with Gasteiger partial charge in [-0.1, -0.05) is 47.6 Å². The summed E-state index contributed by atoms with van der Waals surface area (Å²) in [7, 11) is 0. The van der Waals surface area contributed by atoms with Gasteiger partial charge in [-0.15, -0.1) is 0 Å². The van der Waals surface area contributed by atoms with Gasteiger partial charge < -0.3 is 15.0 Å². The quantitative estimate of drug-likeness (QED) is 0.864. The molecule has 2 aromatic carbocycles. The van der Waals surface area contributed by atoms with E-state index in [1.807, 2.05) is 18.2 Å². The van der Waals surface area contributed by atoms with Crippen molar-refractivity contribution in [3.63, 3.8) is 0 Å². The largest absolute Gasteiger partial charge is 0.454 e. The van der Waals surface area contributed by atoms with E-state index in [4.69, 9.17) is 16.3 Å². The summed E-state index contributed by atoms with van der Waals surface area (Å²) in [5.74, 6) is 1.45. The summed E-state index contributed by atoms with van der Waals surface area (Å²) in [6, 6.07) is 14.2. The first kappa shape index (κ1) is 16.7. The lowest BCUT2D eigenvalue weighted by atomic mass is 10.2. The zero-order chi connectivity index (χ0) is 16.9. The second kappa shape index (κ2) is 7.59. The maximum atomic E-state index is 12.2. The summed E-state index contributed by atoms with van der Waals surface area (Å²) in [6.45, 7) is 0.626. The standard InChI is InChI=1S/C17H15ClN2O3S/c18-12-5-1-3-7-14(12)23-15-8-4-2-6-13(15)19-16(21)11-20-9-10-24-17(20)22/h1-8H,9-11H2,(H,19,21). The number of hydrogen-bond donors (Lipinski definition) is 1. The molecule has 24 heavy (non-hydrogen) atoms. The number of halogens is 1. The SMILES string of the molecule is O=C(CN1CCSC1=O)Nc1ccccc1Oc1ccccc1Cl. The maximum Gasteiger partial charge on any atom is 0.282 e. The Hall–Kier alpha value is -2.18. The van der Waals surface area contributed by atoms with Gasteiger partial charge in [-0.25, -0.2) is 0 Å². The van der Waals surface area contributed by atoms with Crippen LogP contribution in [0.3, 0.4) is 0 Å². The lowest BCUT2D eigenvalue weighted by molar-refractivity contribution is -0.116. The molecule has 1 aliphatic rings. The Labute approximate surface area is 148 Å². The van der Waals surface area contributed by atoms with Gasteiger partial charge in [0, 0.05) is 12.3 Å². The topological polar surface area (TPSA) is 58.6 Å². The van der Waals surface area contributed by atoms with E-state index in [-0.39, 0.29) is 17.7 Å². The molecule has 0 aromatic heterocycles. The van der Waals surface area contributed by atoms with Gasteiger partial charge in [-0.05, 0) is 24.3 Å². The van der Waals surface area contributed by atoms with Crippen LogP contribution in [-0.2, 0) is 4.79 Å². The zero-order valence-electron chi connectivity index (χ0n) is 12.7. The predicted molar refractivity (Wildman–Crippen MR) is 96.0 cm³/mol. The van der Waals surface area contributed by atoms with Gasteiger partial charge in [0.25, 0.3) is 5.24 Å². The van der Waals surface area contributed by atoms with Gasteiger partial charge in [-0.2, -0.15) is 0 Å². The van der Waals surface area contributed by atoms with Crippen molar-refractivity contribution in [2.24, 2.45) is 0 Å². The summed E-state index contributed by atoms with van der Waals surface area (Å²) >= 11 is 7.33. The molecule has 1 N–H and O–H groups in total. The molecular weight excluding hydrogens is 348 g/mol. The number of ether oxygens (including phenoxy) is 1. The average molecular weight is 363 g/mol. The Morgan fingerprint density at radius 1 is 1.17 bits per heavy atom. The second-order valence-corrected chi connectivity index (χ2v) is 6.57. The molecule has 2 amide bonds. The third-order valence-corrected chi connectivity index (χ3v) is 4.60. The van der Waals surface area contributed by atoms with Crippen LogP contribution in [0.5, 0.6) is 11.5 Å². The minimum Gasteiger partial charge on any atom is -0.454 e. The molecule has 124 valence electrons. The number of nitrogens with zero attached hydrogens (tertiary/aromatic N) is 1. The van der Waals surface area contributed by atoms with Crippen LogP contribution in [0.2, 0.25) is 5.02 Å². The minimum atomic E-state index is -0.263. The number of hydrogen-bond acceptors (Lipinski definition) is 4. The fourth-order valence-corrected chi connectivity index (χ4v) is 3.24. The minimum absolute atomic E-state index is 0.0340. The highest BCUT2D eigenvalue weighted by atomic mass is 35.5. The van der Waals surface area contributed by atoms with E-state index in [1.54, 1.807) is 30.3 Å². The smallest absolute Gasteiger partial charge is 0.282 e. The molecule has 3 rings (SSSR count). The highest BCUT2D eigenvalue weighted by Gasteiger charge is 2.23. The van der Waals surface area contributed by atoms with Crippen LogP contribution in [0.15, 0.2) is 48.5 Å². The number of rotatable bonds is 5. The number of carbonyl (C=O) groups excluding carboxylic acids is 2. The van der Waals surface area contributed by atoms with Crippen molar-refractivity contribution < 1.29 is 14.3 Å². The third-order valence-electron chi connectivity index (χ3n) is 3.40. The van der Waals surface area contributed by atoms with Crippen molar-refractivity contribution in [3.05, 3.63) is 53.6 Å². The molecule has 0 radical (unpaired) electrons.